The number of carbonyl (C=O) groups is 2. The Labute approximate surface area is 179 Å². The molecule has 4 rings (SSSR count). The molecule has 0 saturated heterocycles. The van der Waals surface area contributed by atoms with Gasteiger partial charge in [0.05, 0.1) is 11.6 Å². The number of carbonyl (C=O) groups excluding carboxylic acids is 2. The molecule has 0 spiro atoms. The summed E-state index contributed by atoms with van der Waals surface area (Å²) in [5, 5.41) is 10.2. The minimum absolute atomic E-state index is 0.0635. The van der Waals surface area contributed by atoms with E-state index in [0.717, 1.165) is 5.56 Å². The van der Waals surface area contributed by atoms with Crippen LogP contribution in [-0.2, 0) is 24.9 Å². The number of fused-ring (bicyclic) bond motifs is 1. The molecule has 3 heterocycles. The van der Waals surface area contributed by atoms with Gasteiger partial charge in [-0.05, 0) is 18.2 Å². The summed E-state index contributed by atoms with van der Waals surface area (Å²) in [4.78, 5) is 31.9. The minimum atomic E-state index is -0.647. The molecule has 0 saturated carbocycles. The molecule has 0 fully saturated rings. The van der Waals surface area contributed by atoms with Gasteiger partial charge in [-0.3, -0.25) is 14.3 Å². The van der Waals surface area contributed by atoms with E-state index in [4.69, 9.17) is 0 Å². The zero-order valence-electron chi connectivity index (χ0n) is 17.3. The van der Waals surface area contributed by atoms with Gasteiger partial charge < -0.3 is 15.5 Å². The van der Waals surface area contributed by atoms with Gasteiger partial charge in [-0.2, -0.15) is 5.10 Å². The number of anilines is 1. The third kappa shape index (κ3) is 4.25. The van der Waals surface area contributed by atoms with Crippen molar-refractivity contribution in [3.05, 3.63) is 77.0 Å². The SMILES string of the molecule is CNc1cc(C(=O)N2Cc3cn(C)nc3C(C(=O)NCc3ccccc3F)C2)ccn1. The summed E-state index contributed by atoms with van der Waals surface area (Å²) in [5.41, 5.74) is 2.34. The number of amides is 2. The number of aryl methyl sites for hydroxylation is 1. The Hall–Kier alpha value is -3.75. The van der Waals surface area contributed by atoms with Gasteiger partial charge in [0.25, 0.3) is 5.91 Å². The molecule has 9 heteroatoms. The van der Waals surface area contributed by atoms with Gasteiger partial charge in [0, 0.05) is 62.8 Å². The van der Waals surface area contributed by atoms with Crippen molar-refractivity contribution in [2.45, 2.75) is 19.0 Å². The average molecular weight is 422 g/mol. The van der Waals surface area contributed by atoms with E-state index in [-0.39, 0.29) is 30.7 Å². The number of halogens is 1. The molecule has 1 atom stereocenters. The van der Waals surface area contributed by atoms with Crippen LogP contribution in [0.5, 0.6) is 0 Å². The molecule has 1 aliphatic rings. The predicted octanol–water partition coefficient (Wildman–Crippen LogP) is 2.05. The lowest BCUT2D eigenvalue weighted by molar-refractivity contribution is -0.123. The highest BCUT2D eigenvalue weighted by molar-refractivity contribution is 5.96. The Kier molecular flexibility index (Phi) is 5.66. The van der Waals surface area contributed by atoms with Crippen molar-refractivity contribution in [1.29, 1.82) is 0 Å². The van der Waals surface area contributed by atoms with Crippen molar-refractivity contribution in [2.24, 2.45) is 7.05 Å². The zero-order chi connectivity index (χ0) is 22.0. The highest BCUT2D eigenvalue weighted by Gasteiger charge is 2.35. The number of rotatable bonds is 5. The first-order valence-corrected chi connectivity index (χ1v) is 9.93. The largest absolute Gasteiger partial charge is 0.373 e. The molecule has 160 valence electrons. The van der Waals surface area contributed by atoms with Crippen molar-refractivity contribution in [3.8, 4) is 0 Å². The van der Waals surface area contributed by atoms with E-state index in [9.17, 15) is 14.0 Å². The van der Waals surface area contributed by atoms with Gasteiger partial charge in [0.1, 0.15) is 11.6 Å². The third-order valence-electron chi connectivity index (χ3n) is 5.31. The summed E-state index contributed by atoms with van der Waals surface area (Å²) in [6.07, 6.45) is 3.38. The van der Waals surface area contributed by atoms with E-state index in [1.807, 2.05) is 6.20 Å². The topological polar surface area (TPSA) is 92.2 Å². The van der Waals surface area contributed by atoms with Crippen LogP contribution in [0.4, 0.5) is 10.2 Å². The Morgan fingerprint density at radius 1 is 1.26 bits per heavy atom. The molecule has 1 aliphatic heterocycles. The Bertz CT molecular complexity index is 1130. The summed E-state index contributed by atoms with van der Waals surface area (Å²) < 4.78 is 15.6. The first-order valence-electron chi connectivity index (χ1n) is 9.93. The lowest BCUT2D eigenvalue weighted by Gasteiger charge is -2.31. The molecule has 31 heavy (non-hydrogen) atoms. The predicted molar refractivity (Wildman–Crippen MR) is 113 cm³/mol. The summed E-state index contributed by atoms with van der Waals surface area (Å²) in [7, 11) is 3.51. The zero-order valence-corrected chi connectivity index (χ0v) is 17.3. The van der Waals surface area contributed by atoms with E-state index in [2.05, 4.69) is 20.7 Å². The van der Waals surface area contributed by atoms with Crippen molar-refractivity contribution in [3.63, 3.8) is 0 Å². The summed E-state index contributed by atoms with van der Waals surface area (Å²) in [6.45, 7) is 0.605. The van der Waals surface area contributed by atoms with Gasteiger partial charge in [-0.1, -0.05) is 18.2 Å². The fourth-order valence-corrected chi connectivity index (χ4v) is 3.74. The highest BCUT2D eigenvalue weighted by atomic mass is 19.1. The molecule has 0 bridgehead atoms. The maximum Gasteiger partial charge on any atom is 0.254 e. The van der Waals surface area contributed by atoms with E-state index < -0.39 is 5.92 Å². The van der Waals surface area contributed by atoms with E-state index in [0.29, 0.717) is 29.2 Å². The second kappa shape index (κ2) is 8.55. The quantitative estimate of drug-likeness (QED) is 0.657. The van der Waals surface area contributed by atoms with Crippen LogP contribution in [0.3, 0.4) is 0 Å². The lowest BCUT2D eigenvalue weighted by atomic mass is 9.95. The van der Waals surface area contributed by atoms with E-state index in [1.54, 1.807) is 60.2 Å². The van der Waals surface area contributed by atoms with Gasteiger partial charge in [-0.25, -0.2) is 9.37 Å². The van der Waals surface area contributed by atoms with Crippen LogP contribution < -0.4 is 10.6 Å². The molecule has 0 radical (unpaired) electrons. The van der Waals surface area contributed by atoms with Gasteiger partial charge in [0.2, 0.25) is 5.91 Å². The molecular weight excluding hydrogens is 399 g/mol. The highest BCUT2D eigenvalue weighted by Crippen LogP contribution is 2.28. The molecule has 0 aliphatic carbocycles. The van der Waals surface area contributed by atoms with Crippen molar-refractivity contribution in [2.75, 3.05) is 18.9 Å². The van der Waals surface area contributed by atoms with Gasteiger partial charge in [0.15, 0.2) is 0 Å². The van der Waals surface area contributed by atoms with Crippen LogP contribution in [0.15, 0.2) is 48.8 Å². The lowest BCUT2D eigenvalue weighted by Crippen LogP contribution is -2.43. The van der Waals surface area contributed by atoms with Crippen LogP contribution in [0, 0.1) is 5.82 Å². The monoisotopic (exact) mass is 422 g/mol. The number of nitrogens with one attached hydrogen (secondary N) is 2. The molecule has 1 unspecified atom stereocenters. The Morgan fingerprint density at radius 2 is 2.06 bits per heavy atom. The van der Waals surface area contributed by atoms with Gasteiger partial charge in [-0.15, -0.1) is 0 Å². The summed E-state index contributed by atoms with van der Waals surface area (Å²) in [5.74, 6) is -0.929. The number of nitrogens with zero attached hydrogens (tertiary/aromatic N) is 4. The van der Waals surface area contributed by atoms with Crippen LogP contribution in [-0.4, -0.2) is 45.1 Å². The fraction of sp³-hybridized carbons (Fsp3) is 0.273. The maximum atomic E-state index is 13.9. The summed E-state index contributed by atoms with van der Waals surface area (Å²) >= 11 is 0. The molecule has 8 nitrogen and oxygen atoms in total. The fourth-order valence-electron chi connectivity index (χ4n) is 3.74. The Balaban J connectivity index is 1.56. The second-order valence-corrected chi connectivity index (χ2v) is 7.44. The standard InChI is InChI=1S/C22H23FN6O2/c1-24-19-9-14(7-8-25-19)22(31)29-12-16-11-28(2)27-20(16)17(13-29)21(30)26-10-15-5-3-4-6-18(15)23/h3-9,11,17H,10,12-13H2,1-2H3,(H,24,25)(H,26,30). The first-order chi connectivity index (χ1) is 15.0. The number of aromatic nitrogens is 3. The second-order valence-electron chi connectivity index (χ2n) is 7.44. The van der Waals surface area contributed by atoms with Gasteiger partial charge >= 0.3 is 0 Å². The van der Waals surface area contributed by atoms with Crippen molar-refractivity contribution >= 4 is 17.6 Å². The number of hydrogen-bond acceptors (Lipinski definition) is 5. The molecular formula is C22H23FN6O2. The molecule has 2 N–H and O–H groups in total. The molecule has 1 aromatic carbocycles. The molecule has 2 amide bonds. The van der Waals surface area contributed by atoms with Crippen LogP contribution in [0.25, 0.3) is 0 Å². The Morgan fingerprint density at radius 3 is 2.84 bits per heavy atom. The molecule has 2 aromatic heterocycles. The normalized spacial score (nSPS) is 15.3. The van der Waals surface area contributed by atoms with Crippen LogP contribution in [0.1, 0.15) is 33.1 Å². The average Bonchev–Trinajstić information content (AvgIpc) is 3.17. The maximum absolute atomic E-state index is 13.9. The number of hydrogen-bond donors (Lipinski definition) is 2. The van der Waals surface area contributed by atoms with E-state index >= 15 is 0 Å². The third-order valence-corrected chi connectivity index (χ3v) is 5.31. The number of benzene rings is 1. The summed E-state index contributed by atoms with van der Waals surface area (Å²) in [6, 6.07) is 9.62. The minimum Gasteiger partial charge on any atom is -0.373 e. The van der Waals surface area contributed by atoms with Crippen LogP contribution in [0.2, 0.25) is 0 Å². The first kappa shape index (κ1) is 20.5. The van der Waals surface area contributed by atoms with Crippen molar-refractivity contribution < 1.29 is 14.0 Å². The smallest absolute Gasteiger partial charge is 0.254 e. The molecule has 3 aromatic rings. The number of pyridine rings is 1. The van der Waals surface area contributed by atoms with Crippen molar-refractivity contribution in [1.82, 2.24) is 25.0 Å². The van der Waals surface area contributed by atoms with Crippen LogP contribution >= 0.6 is 0 Å². The van der Waals surface area contributed by atoms with E-state index in [1.165, 1.54) is 6.07 Å².